The topological polar surface area (TPSA) is 101 Å². The smallest absolute Gasteiger partial charge is 0.314 e. The van der Waals surface area contributed by atoms with Crippen LogP contribution >= 0.6 is 0 Å². The molecule has 0 radical (unpaired) electrons. The van der Waals surface area contributed by atoms with Crippen molar-refractivity contribution in [1.82, 2.24) is 0 Å². The Hall–Kier alpha value is -3.22. The number of benzene rings is 2. The average molecular weight is 313 g/mol. The Balaban J connectivity index is 2.12. The minimum Gasteiger partial charge on any atom is -0.318 e. The highest BCUT2D eigenvalue weighted by Gasteiger charge is 2.19. The SMILES string of the molecule is Cc1ccc(NC(=O)C(=O)Nc2ccccc2[N+](=O)[O-])c(C)c1. The van der Waals surface area contributed by atoms with Gasteiger partial charge in [0, 0.05) is 11.8 Å². The van der Waals surface area contributed by atoms with Gasteiger partial charge in [-0.2, -0.15) is 0 Å². The second kappa shape index (κ2) is 6.69. The zero-order valence-corrected chi connectivity index (χ0v) is 12.6. The number of anilines is 2. The summed E-state index contributed by atoms with van der Waals surface area (Å²) in [6.07, 6.45) is 0. The van der Waals surface area contributed by atoms with Crippen molar-refractivity contribution in [3.8, 4) is 0 Å². The molecule has 7 heteroatoms. The van der Waals surface area contributed by atoms with Gasteiger partial charge in [-0.1, -0.05) is 29.8 Å². The molecule has 0 unspecified atom stereocenters. The molecule has 0 spiro atoms. The zero-order chi connectivity index (χ0) is 17.0. The van der Waals surface area contributed by atoms with E-state index in [9.17, 15) is 19.7 Å². The molecule has 0 aliphatic carbocycles. The molecule has 2 rings (SSSR count). The van der Waals surface area contributed by atoms with E-state index in [1.807, 2.05) is 26.0 Å². The van der Waals surface area contributed by atoms with Crippen LogP contribution in [0.5, 0.6) is 0 Å². The van der Waals surface area contributed by atoms with Gasteiger partial charge in [0.25, 0.3) is 5.69 Å². The predicted molar refractivity (Wildman–Crippen MR) is 86.3 cm³/mol. The Morgan fingerprint density at radius 1 is 0.957 bits per heavy atom. The first kappa shape index (κ1) is 16.2. The fraction of sp³-hybridized carbons (Fsp3) is 0.125. The molecule has 0 fully saturated rings. The molecule has 0 aliphatic rings. The summed E-state index contributed by atoms with van der Waals surface area (Å²) in [5.41, 5.74) is 2.05. The van der Waals surface area contributed by atoms with Gasteiger partial charge in [0.1, 0.15) is 5.69 Å². The third kappa shape index (κ3) is 3.91. The molecule has 2 amide bonds. The molecule has 118 valence electrons. The van der Waals surface area contributed by atoms with Crippen LogP contribution in [0.4, 0.5) is 17.1 Å². The number of rotatable bonds is 3. The molecule has 2 aromatic rings. The van der Waals surface area contributed by atoms with Crippen molar-refractivity contribution in [2.75, 3.05) is 10.6 Å². The van der Waals surface area contributed by atoms with Gasteiger partial charge >= 0.3 is 11.8 Å². The molecule has 0 saturated carbocycles. The van der Waals surface area contributed by atoms with Crippen LogP contribution in [0.15, 0.2) is 42.5 Å². The maximum Gasteiger partial charge on any atom is 0.314 e. The molecule has 0 atom stereocenters. The standard InChI is InChI=1S/C16H15N3O4/c1-10-7-8-12(11(2)9-10)17-15(20)16(21)18-13-5-3-4-6-14(13)19(22)23/h3-9H,1-2H3,(H,17,20)(H,18,21). The Morgan fingerprint density at radius 2 is 1.57 bits per heavy atom. The highest BCUT2D eigenvalue weighted by molar-refractivity contribution is 6.43. The Labute approximate surface area is 132 Å². The summed E-state index contributed by atoms with van der Waals surface area (Å²) in [5, 5.41) is 15.6. The van der Waals surface area contributed by atoms with Gasteiger partial charge in [-0.25, -0.2) is 0 Å². The van der Waals surface area contributed by atoms with Crippen LogP contribution in [-0.2, 0) is 9.59 Å². The summed E-state index contributed by atoms with van der Waals surface area (Å²) >= 11 is 0. The highest BCUT2D eigenvalue weighted by atomic mass is 16.6. The molecule has 0 heterocycles. The maximum atomic E-state index is 11.9. The summed E-state index contributed by atoms with van der Waals surface area (Å²) in [4.78, 5) is 34.1. The van der Waals surface area contributed by atoms with Gasteiger partial charge < -0.3 is 10.6 Å². The van der Waals surface area contributed by atoms with E-state index in [1.165, 1.54) is 24.3 Å². The molecule has 0 aliphatic heterocycles. The summed E-state index contributed by atoms with van der Waals surface area (Å²) in [5.74, 6) is -1.87. The number of hydrogen-bond acceptors (Lipinski definition) is 4. The summed E-state index contributed by atoms with van der Waals surface area (Å²) in [6, 6.07) is 11.0. The summed E-state index contributed by atoms with van der Waals surface area (Å²) in [7, 11) is 0. The largest absolute Gasteiger partial charge is 0.318 e. The van der Waals surface area contributed by atoms with Crippen LogP contribution in [0.1, 0.15) is 11.1 Å². The van der Waals surface area contributed by atoms with Gasteiger partial charge in [-0.05, 0) is 31.5 Å². The number of amides is 2. The summed E-state index contributed by atoms with van der Waals surface area (Å²) in [6.45, 7) is 3.72. The van der Waals surface area contributed by atoms with Gasteiger partial charge in [-0.3, -0.25) is 19.7 Å². The fourth-order valence-corrected chi connectivity index (χ4v) is 2.05. The molecule has 23 heavy (non-hydrogen) atoms. The van der Waals surface area contributed by atoms with Gasteiger partial charge in [0.05, 0.1) is 4.92 Å². The first-order valence-corrected chi connectivity index (χ1v) is 6.81. The van der Waals surface area contributed by atoms with Crippen LogP contribution in [0.2, 0.25) is 0 Å². The molecule has 2 aromatic carbocycles. The lowest BCUT2D eigenvalue weighted by Gasteiger charge is -2.09. The Kier molecular flexibility index (Phi) is 4.70. The second-order valence-electron chi connectivity index (χ2n) is 5.00. The number of aryl methyl sites for hydroxylation is 2. The normalized spacial score (nSPS) is 10.0. The number of hydrogen-bond donors (Lipinski definition) is 2. The van der Waals surface area contributed by atoms with E-state index in [0.29, 0.717) is 5.69 Å². The predicted octanol–water partition coefficient (Wildman–Crippen LogP) is 2.79. The molecule has 0 bridgehead atoms. The van der Waals surface area contributed by atoms with E-state index in [4.69, 9.17) is 0 Å². The van der Waals surface area contributed by atoms with Crippen LogP contribution in [-0.4, -0.2) is 16.7 Å². The molecular formula is C16H15N3O4. The number of nitrogens with zero attached hydrogens (tertiary/aromatic N) is 1. The molecule has 0 aromatic heterocycles. The maximum absolute atomic E-state index is 11.9. The highest BCUT2D eigenvalue weighted by Crippen LogP contribution is 2.23. The van der Waals surface area contributed by atoms with Gasteiger partial charge in [0.15, 0.2) is 0 Å². The molecular weight excluding hydrogens is 298 g/mol. The van der Waals surface area contributed by atoms with Crippen molar-refractivity contribution < 1.29 is 14.5 Å². The third-order valence-corrected chi connectivity index (χ3v) is 3.19. The van der Waals surface area contributed by atoms with Crippen LogP contribution < -0.4 is 10.6 Å². The van der Waals surface area contributed by atoms with Crippen LogP contribution in [0.3, 0.4) is 0 Å². The van der Waals surface area contributed by atoms with Crippen molar-refractivity contribution in [1.29, 1.82) is 0 Å². The Morgan fingerprint density at radius 3 is 2.17 bits per heavy atom. The monoisotopic (exact) mass is 313 g/mol. The average Bonchev–Trinajstić information content (AvgIpc) is 2.50. The van der Waals surface area contributed by atoms with E-state index in [1.54, 1.807) is 6.07 Å². The lowest BCUT2D eigenvalue weighted by Crippen LogP contribution is -2.29. The fourth-order valence-electron chi connectivity index (χ4n) is 2.05. The quantitative estimate of drug-likeness (QED) is 0.517. The van der Waals surface area contributed by atoms with E-state index >= 15 is 0 Å². The van der Waals surface area contributed by atoms with E-state index in [2.05, 4.69) is 10.6 Å². The molecule has 7 nitrogen and oxygen atoms in total. The van der Waals surface area contributed by atoms with Crippen molar-refractivity contribution in [3.05, 3.63) is 63.7 Å². The second-order valence-corrected chi connectivity index (χ2v) is 5.00. The lowest BCUT2D eigenvalue weighted by molar-refractivity contribution is -0.383. The van der Waals surface area contributed by atoms with Crippen molar-refractivity contribution in [2.24, 2.45) is 0 Å². The van der Waals surface area contributed by atoms with Crippen LogP contribution in [0, 0.1) is 24.0 Å². The minimum absolute atomic E-state index is 0.0294. The minimum atomic E-state index is -0.973. The Bertz CT molecular complexity index is 787. The molecule has 0 saturated heterocycles. The third-order valence-electron chi connectivity index (χ3n) is 3.19. The lowest BCUT2D eigenvalue weighted by atomic mass is 10.1. The first-order valence-electron chi connectivity index (χ1n) is 6.81. The van der Waals surface area contributed by atoms with Crippen molar-refractivity contribution in [2.45, 2.75) is 13.8 Å². The zero-order valence-electron chi connectivity index (χ0n) is 12.6. The number of nitro groups is 1. The van der Waals surface area contributed by atoms with E-state index < -0.39 is 16.7 Å². The van der Waals surface area contributed by atoms with Gasteiger partial charge in [-0.15, -0.1) is 0 Å². The number of carbonyl (C=O) groups is 2. The summed E-state index contributed by atoms with van der Waals surface area (Å²) < 4.78 is 0. The number of nitro benzene ring substituents is 1. The number of para-hydroxylation sites is 2. The first-order chi connectivity index (χ1) is 10.9. The molecule has 2 N–H and O–H groups in total. The van der Waals surface area contributed by atoms with Gasteiger partial charge in [0.2, 0.25) is 0 Å². The van der Waals surface area contributed by atoms with E-state index in [-0.39, 0.29) is 11.4 Å². The van der Waals surface area contributed by atoms with Crippen molar-refractivity contribution >= 4 is 28.9 Å². The van der Waals surface area contributed by atoms with Crippen molar-refractivity contribution in [3.63, 3.8) is 0 Å². The van der Waals surface area contributed by atoms with Crippen LogP contribution in [0.25, 0.3) is 0 Å². The number of carbonyl (C=O) groups excluding carboxylic acids is 2. The van der Waals surface area contributed by atoms with E-state index in [0.717, 1.165) is 11.1 Å². The number of nitrogens with one attached hydrogen (secondary N) is 2.